The first-order valence-electron chi connectivity index (χ1n) is 9.22. The number of nitrogens with one attached hydrogen (secondary N) is 1. The molecule has 1 saturated carbocycles. The summed E-state index contributed by atoms with van der Waals surface area (Å²) in [6.45, 7) is 0.418. The molecule has 1 amide bonds. The number of amides is 1. The first-order valence-corrected chi connectivity index (χ1v) is 9.22. The fourth-order valence-electron chi connectivity index (χ4n) is 3.79. The second kappa shape index (κ2) is 7.56. The van der Waals surface area contributed by atoms with Crippen LogP contribution in [0.2, 0.25) is 0 Å². The quantitative estimate of drug-likeness (QED) is 0.869. The van der Waals surface area contributed by atoms with Gasteiger partial charge in [-0.1, -0.05) is 12.1 Å². The molecule has 2 aliphatic rings. The third kappa shape index (κ3) is 3.69. The lowest BCUT2D eigenvalue weighted by Crippen LogP contribution is -2.45. The van der Waals surface area contributed by atoms with Crippen LogP contribution >= 0.6 is 0 Å². The number of rotatable bonds is 4. The van der Waals surface area contributed by atoms with Crippen molar-refractivity contribution in [1.82, 2.24) is 5.06 Å². The Balaban J connectivity index is 1.37. The molecule has 2 fully saturated rings. The molecular weight excluding hydrogens is 364 g/mol. The van der Waals surface area contributed by atoms with Crippen molar-refractivity contribution in [1.29, 1.82) is 5.26 Å². The van der Waals surface area contributed by atoms with Gasteiger partial charge in [-0.2, -0.15) is 5.26 Å². The summed E-state index contributed by atoms with van der Waals surface area (Å²) in [4.78, 5) is 18.4. The van der Waals surface area contributed by atoms with Crippen molar-refractivity contribution in [3.05, 3.63) is 65.2 Å². The molecular formula is C21H19F2N3O2. The van der Waals surface area contributed by atoms with Crippen molar-refractivity contribution in [3.8, 4) is 6.07 Å². The van der Waals surface area contributed by atoms with E-state index >= 15 is 0 Å². The summed E-state index contributed by atoms with van der Waals surface area (Å²) in [5.41, 5.74) is 1.50. The molecule has 1 aliphatic carbocycles. The van der Waals surface area contributed by atoms with Gasteiger partial charge in [0, 0.05) is 24.1 Å². The predicted octanol–water partition coefficient (Wildman–Crippen LogP) is 3.93. The molecule has 7 heteroatoms. The van der Waals surface area contributed by atoms with E-state index in [1.807, 2.05) is 6.07 Å². The van der Waals surface area contributed by atoms with Crippen LogP contribution in [0.1, 0.15) is 36.4 Å². The molecule has 1 atom stereocenters. The lowest BCUT2D eigenvalue weighted by atomic mass is 9.79. The van der Waals surface area contributed by atoms with Crippen molar-refractivity contribution in [3.63, 3.8) is 0 Å². The predicted molar refractivity (Wildman–Crippen MR) is 97.8 cm³/mol. The highest BCUT2D eigenvalue weighted by atomic mass is 19.1. The van der Waals surface area contributed by atoms with Gasteiger partial charge in [-0.05, 0) is 48.7 Å². The van der Waals surface area contributed by atoms with E-state index in [1.54, 1.807) is 18.2 Å². The fraction of sp³-hybridized carbons (Fsp3) is 0.333. The molecule has 1 N–H and O–H groups in total. The smallest absolute Gasteiger partial charge is 0.249 e. The third-order valence-electron chi connectivity index (χ3n) is 5.24. The van der Waals surface area contributed by atoms with E-state index in [9.17, 15) is 13.6 Å². The zero-order valence-corrected chi connectivity index (χ0v) is 15.1. The Hall–Kier alpha value is -2.98. The van der Waals surface area contributed by atoms with E-state index in [0.717, 1.165) is 5.56 Å². The van der Waals surface area contributed by atoms with Crippen LogP contribution in [0.25, 0.3) is 0 Å². The SMILES string of the molecule is N#Cc1cc(F)cc(N[C@H]2C[C@@H](C(=O)N3OCC[C@H]3c3cccc(F)c3)C2)c1. The molecule has 5 nitrogen and oxygen atoms in total. The summed E-state index contributed by atoms with van der Waals surface area (Å²) >= 11 is 0. The largest absolute Gasteiger partial charge is 0.382 e. The third-order valence-corrected chi connectivity index (χ3v) is 5.24. The lowest BCUT2D eigenvalue weighted by molar-refractivity contribution is -0.184. The zero-order valence-electron chi connectivity index (χ0n) is 15.1. The first-order chi connectivity index (χ1) is 13.5. The molecule has 0 unspecified atom stereocenters. The van der Waals surface area contributed by atoms with Crippen molar-refractivity contribution in [2.75, 3.05) is 11.9 Å². The topological polar surface area (TPSA) is 65.4 Å². The Morgan fingerprint density at radius 1 is 1.18 bits per heavy atom. The van der Waals surface area contributed by atoms with Gasteiger partial charge in [0.25, 0.3) is 0 Å². The van der Waals surface area contributed by atoms with Crippen molar-refractivity contribution < 1.29 is 18.4 Å². The number of carbonyl (C=O) groups is 1. The van der Waals surface area contributed by atoms with Crippen LogP contribution in [0.3, 0.4) is 0 Å². The van der Waals surface area contributed by atoms with Gasteiger partial charge in [0.05, 0.1) is 24.3 Å². The van der Waals surface area contributed by atoms with Crippen LogP contribution in [-0.4, -0.2) is 23.6 Å². The normalized spacial score (nSPS) is 23.8. The highest BCUT2D eigenvalue weighted by Crippen LogP contribution is 2.37. The number of anilines is 1. The zero-order chi connectivity index (χ0) is 19.7. The Bertz CT molecular complexity index is 937. The van der Waals surface area contributed by atoms with E-state index < -0.39 is 5.82 Å². The summed E-state index contributed by atoms with van der Waals surface area (Å²) in [5.74, 6) is -1.12. The second-order valence-electron chi connectivity index (χ2n) is 7.21. The van der Waals surface area contributed by atoms with Gasteiger partial charge in [0.15, 0.2) is 0 Å². The molecule has 1 saturated heterocycles. The first kappa shape index (κ1) is 18.4. The molecule has 144 valence electrons. The Morgan fingerprint density at radius 3 is 2.75 bits per heavy atom. The van der Waals surface area contributed by atoms with Crippen molar-refractivity contribution in [2.24, 2.45) is 5.92 Å². The van der Waals surface area contributed by atoms with Crippen molar-refractivity contribution in [2.45, 2.75) is 31.3 Å². The highest BCUT2D eigenvalue weighted by Gasteiger charge is 2.41. The summed E-state index contributed by atoms with van der Waals surface area (Å²) in [6.07, 6.45) is 1.81. The van der Waals surface area contributed by atoms with E-state index in [4.69, 9.17) is 10.1 Å². The van der Waals surface area contributed by atoms with Crippen LogP contribution in [-0.2, 0) is 9.63 Å². The van der Waals surface area contributed by atoms with E-state index in [0.29, 0.717) is 31.6 Å². The molecule has 28 heavy (non-hydrogen) atoms. The van der Waals surface area contributed by atoms with E-state index in [2.05, 4.69) is 5.32 Å². The highest BCUT2D eigenvalue weighted by molar-refractivity contribution is 5.80. The molecule has 0 spiro atoms. The van der Waals surface area contributed by atoms with E-state index in [1.165, 1.54) is 29.3 Å². The minimum absolute atomic E-state index is 0.0255. The van der Waals surface area contributed by atoms with Gasteiger partial charge in [0.1, 0.15) is 11.6 Å². The summed E-state index contributed by atoms with van der Waals surface area (Å²) in [5, 5.41) is 13.5. The van der Waals surface area contributed by atoms with Crippen molar-refractivity contribution >= 4 is 11.6 Å². The summed E-state index contributed by atoms with van der Waals surface area (Å²) < 4.78 is 27.1. The number of nitrogens with zero attached hydrogens (tertiary/aromatic N) is 2. The number of benzene rings is 2. The monoisotopic (exact) mass is 383 g/mol. The van der Waals surface area contributed by atoms with Crippen LogP contribution in [0.15, 0.2) is 42.5 Å². The average Bonchev–Trinajstić information content (AvgIpc) is 3.13. The molecule has 0 aromatic heterocycles. The minimum atomic E-state index is -0.475. The molecule has 4 rings (SSSR count). The van der Waals surface area contributed by atoms with Gasteiger partial charge >= 0.3 is 0 Å². The maximum Gasteiger partial charge on any atom is 0.249 e. The van der Waals surface area contributed by atoms with Gasteiger partial charge in [-0.3, -0.25) is 9.63 Å². The maximum absolute atomic E-state index is 13.5. The minimum Gasteiger partial charge on any atom is -0.382 e. The molecule has 2 aromatic rings. The van der Waals surface area contributed by atoms with Gasteiger partial charge < -0.3 is 5.32 Å². The number of halogens is 2. The molecule has 2 aromatic carbocycles. The fourth-order valence-corrected chi connectivity index (χ4v) is 3.79. The number of hydrogen-bond donors (Lipinski definition) is 1. The van der Waals surface area contributed by atoms with Gasteiger partial charge in [-0.25, -0.2) is 13.8 Å². The summed E-state index contributed by atoms with van der Waals surface area (Å²) in [7, 11) is 0. The lowest BCUT2D eigenvalue weighted by Gasteiger charge is -2.38. The Labute approximate surface area is 161 Å². The number of hydroxylamine groups is 2. The summed E-state index contributed by atoms with van der Waals surface area (Å²) in [6, 6.07) is 12.0. The molecule has 1 aliphatic heterocycles. The molecule has 0 bridgehead atoms. The standard InChI is InChI=1S/C21H19F2N3O2/c22-16-3-1-2-14(8-16)20-4-5-28-26(20)21(27)15-9-19(10-15)25-18-7-13(12-24)6-17(23)11-18/h1-3,6-8,11,15,19-20,25H,4-5,9-10H2/t15-,19+,20-/m0/s1. The molecule has 1 heterocycles. The number of carbonyl (C=O) groups excluding carboxylic acids is 1. The Morgan fingerprint density at radius 2 is 2.00 bits per heavy atom. The number of nitriles is 1. The van der Waals surface area contributed by atoms with Gasteiger partial charge in [-0.15, -0.1) is 0 Å². The maximum atomic E-state index is 13.5. The average molecular weight is 383 g/mol. The molecule has 0 radical (unpaired) electrons. The van der Waals surface area contributed by atoms with Crippen LogP contribution in [0.5, 0.6) is 0 Å². The van der Waals surface area contributed by atoms with Crippen LogP contribution in [0, 0.1) is 28.9 Å². The van der Waals surface area contributed by atoms with Crippen LogP contribution in [0.4, 0.5) is 14.5 Å². The van der Waals surface area contributed by atoms with Crippen LogP contribution < -0.4 is 5.32 Å². The number of hydrogen-bond acceptors (Lipinski definition) is 4. The Kier molecular flexibility index (Phi) is 4.97. The van der Waals surface area contributed by atoms with E-state index in [-0.39, 0.29) is 35.3 Å². The second-order valence-corrected chi connectivity index (χ2v) is 7.21. The van der Waals surface area contributed by atoms with Gasteiger partial charge in [0.2, 0.25) is 5.91 Å².